The Kier molecular flexibility index (Phi) is 11.0. The van der Waals surface area contributed by atoms with Crippen molar-refractivity contribution in [2.45, 2.75) is 26.0 Å². The summed E-state index contributed by atoms with van der Waals surface area (Å²) in [5.41, 5.74) is 2.26. The number of rotatable bonds is 7. The van der Waals surface area contributed by atoms with Crippen molar-refractivity contribution in [3.8, 4) is 5.75 Å². The predicted molar refractivity (Wildman–Crippen MR) is 114 cm³/mol. The first-order valence-electron chi connectivity index (χ1n) is 8.68. The van der Waals surface area contributed by atoms with Crippen LogP contribution in [0.3, 0.4) is 0 Å². The molecule has 2 N–H and O–H groups in total. The third-order valence-corrected chi connectivity index (χ3v) is 4.84. The third kappa shape index (κ3) is 7.34. The fraction of sp³-hybridized carbons (Fsp3) is 0.400. The van der Waals surface area contributed by atoms with Crippen LogP contribution >= 0.6 is 36.4 Å². The number of ether oxygens (including phenoxy) is 1. The Hall–Kier alpha value is -0.970. The zero-order valence-corrected chi connectivity index (χ0v) is 17.1. The van der Waals surface area contributed by atoms with Crippen LogP contribution in [0.5, 0.6) is 5.75 Å². The molecule has 0 aliphatic carbocycles. The Morgan fingerprint density at radius 1 is 1.04 bits per heavy atom. The van der Waals surface area contributed by atoms with Crippen LogP contribution in [-0.2, 0) is 13.2 Å². The van der Waals surface area contributed by atoms with E-state index >= 15 is 0 Å². The van der Waals surface area contributed by atoms with Crippen molar-refractivity contribution in [1.82, 2.24) is 10.6 Å². The van der Waals surface area contributed by atoms with E-state index in [1.807, 2.05) is 36.4 Å². The maximum atomic E-state index is 6.17. The number of halogens is 3. The van der Waals surface area contributed by atoms with Gasteiger partial charge in [-0.2, -0.15) is 0 Å². The van der Waals surface area contributed by atoms with Crippen LogP contribution < -0.4 is 15.4 Å². The molecule has 0 saturated carbocycles. The monoisotopic (exact) mass is 416 g/mol. The molecule has 0 atom stereocenters. The summed E-state index contributed by atoms with van der Waals surface area (Å²) >= 11 is 6.17. The van der Waals surface area contributed by atoms with Crippen molar-refractivity contribution in [3.63, 3.8) is 0 Å². The zero-order chi connectivity index (χ0) is 16.6. The van der Waals surface area contributed by atoms with Crippen molar-refractivity contribution < 1.29 is 4.74 Å². The van der Waals surface area contributed by atoms with Crippen molar-refractivity contribution in [1.29, 1.82) is 0 Å². The number of hydrogen-bond acceptors (Lipinski definition) is 3. The molecule has 1 saturated heterocycles. The summed E-state index contributed by atoms with van der Waals surface area (Å²) in [6.07, 6.45) is 2.54. The first-order valence-corrected chi connectivity index (χ1v) is 9.05. The first-order chi connectivity index (χ1) is 11.8. The quantitative estimate of drug-likeness (QED) is 0.675. The van der Waals surface area contributed by atoms with Crippen molar-refractivity contribution in [2.24, 2.45) is 5.92 Å². The highest BCUT2D eigenvalue weighted by Gasteiger charge is 2.12. The van der Waals surface area contributed by atoms with Gasteiger partial charge in [0.25, 0.3) is 0 Å². The van der Waals surface area contributed by atoms with Crippen LogP contribution in [0.1, 0.15) is 24.0 Å². The van der Waals surface area contributed by atoms with Gasteiger partial charge in [0, 0.05) is 17.1 Å². The van der Waals surface area contributed by atoms with Gasteiger partial charge in [0.1, 0.15) is 12.4 Å². The van der Waals surface area contributed by atoms with E-state index in [0.29, 0.717) is 6.61 Å². The Bertz CT molecular complexity index is 648. The molecule has 1 aliphatic rings. The molecule has 144 valence electrons. The molecule has 0 unspecified atom stereocenters. The van der Waals surface area contributed by atoms with Gasteiger partial charge in [0.15, 0.2) is 0 Å². The minimum atomic E-state index is 0. The Balaban J connectivity index is 0.00000169. The second-order valence-corrected chi connectivity index (χ2v) is 6.76. The van der Waals surface area contributed by atoms with Gasteiger partial charge in [-0.05, 0) is 62.2 Å². The van der Waals surface area contributed by atoms with E-state index in [1.165, 1.54) is 18.4 Å². The van der Waals surface area contributed by atoms with E-state index in [2.05, 4.69) is 22.8 Å². The lowest BCUT2D eigenvalue weighted by atomic mass is 9.98. The summed E-state index contributed by atoms with van der Waals surface area (Å²) in [4.78, 5) is 0. The molecule has 1 aliphatic heterocycles. The largest absolute Gasteiger partial charge is 0.489 e. The lowest BCUT2D eigenvalue weighted by Crippen LogP contribution is -2.33. The number of piperidine rings is 1. The second-order valence-electron chi connectivity index (χ2n) is 6.35. The van der Waals surface area contributed by atoms with Gasteiger partial charge < -0.3 is 15.4 Å². The number of hydrogen-bond donors (Lipinski definition) is 2. The van der Waals surface area contributed by atoms with Gasteiger partial charge in [-0.25, -0.2) is 0 Å². The van der Waals surface area contributed by atoms with E-state index in [1.54, 1.807) is 0 Å². The van der Waals surface area contributed by atoms with Gasteiger partial charge in [-0.3, -0.25) is 0 Å². The lowest BCUT2D eigenvalue weighted by Gasteiger charge is -2.22. The van der Waals surface area contributed by atoms with E-state index in [-0.39, 0.29) is 24.8 Å². The molecular formula is C20H27Cl3N2O. The summed E-state index contributed by atoms with van der Waals surface area (Å²) in [6.45, 7) is 4.76. The van der Waals surface area contributed by atoms with E-state index in [0.717, 1.165) is 48.4 Å². The molecule has 3 nitrogen and oxygen atoms in total. The van der Waals surface area contributed by atoms with Gasteiger partial charge >= 0.3 is 0 Å². The molecule has 26 heavy (non-hydrogen) atoms. The van der Waals surface area contributed by atoms with Gasteiger partial charge in [0.05, 0.1) is 0 Å². The Labute approximate surface area is 173 Å². The molecule has 2 aromatic rings. The lowest BCUT2D eigenvalue weighted by molar-refractivity contribution is 0.306. The second kappa shape index (κ2) is 12.4. The van der Waals surface area contributed by atoms with Crippen LogP contribution in [0.25, 0.3) is 0 Å². The van der Waals surface area contributed by atoms with Crippen LogP contribution in [0.2, 0.25) is 5.02 Å². The summed E-state index contributed by atoms with van der Waals surface area (Å²) < 4.78 is 5.89. The molecule has 0 aromatic heterocycles. The summed E-state index contributed by atoms with van der Waals surface area (Å²) in [6, 6.07) is 16.1. The average Bonchev–Trinajstić information content (AvgIpc) is 2.62. The summed E-state index contributed by atoms with van der Waals surface area (Å²) in [5, 5.41) is 7.73. The van der Waals surface area contributed by atoms with Crippen LogP contribution in [-0.4, -0.2) is 19.6 Å². The Morgan fingerprint density at radius 2 is 1.81 bits per heavy atom. The van der Waals surface area contributed by atoms with E-state index in [9.17, 15) is 0 Å². The van der Waals surface area contributed by atoms with Crippen LogP contribution in [0.4, 0.5) is 0 Å². The third-order valence-electron chi connectivity index (χ3n) is 4.47. The Morgan fingerprint density at radius 3 is 2.58 bits per heavy atom. The fourth-order valence-corrected chi connectivity index (χ4v) is 3.22. The van der Waals surface area contributed by atoms with Gasteiger partial charge in [-0.15, -0.1) is 24.8 Å². The van der Waals surface area contributed by atoms with Crippen LogP contribution in [0.15, 0.2) is 48.5 Å². The SMILES string of the molecule is Cl.Cl.Clc1ccccc1COc1cccc(CNCC2CCNCC2)c1. The van der Waals surface area contributed by atoms with Gasteiger partial charge in [-0.1, -0.05) is 41.9 Å². The predicted octanol–water partition coefficient (Wildman–Crippen LogP) is 4.85. The number of nitrogens with one attached hydrogen (secondary N) is 2. The fourth-order valence-electron chi connectivity index (χ4n) is 3.03. The standard InChI is InChI=1S/C20H25ClN2O.2ClH/c21-20-7-2-1-5-18(20)15-24-19-6-3-4-17(12-19)14-23-13-16-8-10-22-11-9-16;;/h1-7,12,16,22-23H,8-11,13-15H2;2*1H. The average molecular weight is 418 g/mol. The highest BCUT2D eigenvalue weighted by molar-refractivity contribution is 6.31. The zero-order valence-electron chi connectivity index (χ0n) is 14.7. The molecule has 3 rings (SSSR count). The molecule has 0 spiro atoms. The smallest absolute Gasteiger partial charge is 0.120 e. The molecule has 0 bridgehead atoms. The van der Waals surface area contributed by atoms with E-state index in [4.69, 9.17) is 16.3 Å². The molecule has 6 heteroatoms. The molecule has 1 fully saturated rings. The number of benzene rings is 2. The molecular weight excluding hydrogens is 391 g/mol. The minimum Gasteiger partial charge on any atom is -0.489 e. The van der Waals surface area contributed by atoms with Crippen molar-refractivity contribution in [2.75, 3.05) is 19.6 Å². The summed E-state index contributed by atoms with van der Waals surface area (Å²) in [5.74, 6) is 1.68. The minimum absolute atomic E-state index is 0. The summed E-state index contributed by atoms with van der Waals surface area (Å²) in [7, 11) is 0. The molecule has 2 aromatic carbocycles. The molecule has 0 radical (unpaired) electrons. The van der Waals surface area contributed by atoms with E-state index < -0.39 is 0 Å². The maximum Gasteiger partial charge on any atom is 0.120 e. The van der Waals surface area contributed by atoms with Crippen LogP contribution in [0, 0.1) is 5.92 Å². The normalized spacial score (nSPS) is 14.2. The van der Waals surface area contributed by atoms with Crippen molar-refractivity contribution in [3.05, 3.63) is 64.7 Å². The maximum absolute atomic E-state index is 6.17. The highest BCUT2D eigenvalue weighted by Crippen LogP contribution is 2.19. The molecule has 0 amide bonds. The van der Waals surface area contributed by atoms with Crippen molar-refractivity contribution >= 4 is 36.4 Å². The van der Waals surface area contributed by atoms with Gasteiger partial charge in [0.2, 0.25) is 0 Å². The highest BCUT2D eigenvalue weighted by atomic mass is 35.5. The molecule has 1 heterocycles. The topological polar surface area (TPSA) is 33.3 Å². The first kappa shape index (κ1) is 23.1.